The second kappa shape index (κ2) is 5.79. The van der Waals surface area contributed by atoms with Gasteiger partial charge in [0.1, 0.15) is 0 Å². The first-order valence-corrected chi connectivity index (χ1v) is 8.33. The Bertz CT molecular complexity index is 619. The molecule has 0 aromatic heterocycles. The van der Waals surface area contributed by atoms with Gasteiger partial charge in [-0.2, -0.15) is 0 Å². The highest BCUT2D eigenvalue weighted by Crippen LogP contribution is 2.28. The average Bonchev–Trinajstić information content (AvgIpc) is 2.31. The fraction of sp³-hybridized carbons (Fsp3) is 0.417. The van der Waals surface area contributed by atoms with E-state index in [1.165, 1.54) is 26.0 Å². The van der Waals surface area contributed by atoms with Gasteiger partial charge in [-0.1, -0.05) is 23.2 Å². The third-order valence-electron chi connectivity index (χ3n) is 3.02. The quantitative estimate of drug-likeness (QED) is 0.823. The Kier molecular flexibility index (Phi) is 4.94. The van der Waals surface area contributed by atoms with Crippen LogP contribution in [0.2, 0.25) is 10.0 Å². The Labute approximate surface area is 128 Å². The van der Waals surface area contributed by atoms with E-state index in [0.717, 1.165) is 6.26 Å². The van der Waals surface area contributed by atoms with Gasteiger partial charge in [0.25, 0.3) is 5.91 Å². The molecule has 3 N–H and O–H groups in total. The molecule has 5 nitrogen and oxygen atoms in total. The lowest BCUT2D eigenvalue weighted by Gasteiger charge is -2.22. The highest BCUT2D eigenvalue weighted by molar-refractivity contribution is 7.92. The number of hydrogen-bond acceptors (Lipinski definition) is 4. The lowest BCUT2D eigenvalue weighted by molar-refractivity contribution is 0.0950. The van der Waals surface area contributed by atoms with Crippen LogP contribution in [0.4, 0.5) is 5.69 Å². The molecule has 0 saturated carbocycles. The van der Waals surface area contributed by atoms with E-state index in [9.17, 15) is 13.2 Å². The van der Waals surface area contributed by atoms with Crippen molar-refractivity contribution in [2.24, 2.45) is 0 Å². The normalized spacial score (nSPS) is 12.2. The zero-order chi connectivity index (χ0) is 15.7. The van der Waals surface area contributed by atoms with E-state index in [4.69, 9.17) is 28.9 Å². The summed E-state index contributed by atoms with van der Waals surface area (Å²) in [5.41, 5.74) is 5.99. The van der Waals surface area contributed by atoms with Crippen LogP contribution < -0.4 is 11.1 Å². The average molecular weight is 339 g/mol. The summed E-state index contributed by atoms with van der Waals surface area (Å²) >= 11 is 11.7. The van der Waals surface area contributed by atoms with Crippen LogP contribution in [-0.4, -0.2) is 31.9 Å². The fourth-order valence-corrected chi connectivity index (χ4v) is 2.06. The van der Waals surface area contributed by atoms with Crippen LogP contribution in [0.15, 0.2) is 12.1 Å². The summed E-state index contributed by atoms with van der Waals surface area (Å²) in [5, 5.41) is 2.89. The van der Waals surface area contributed by atoms with Crippen molar-refractivity contribution < 1.29 is 13.2 Å². The number of benzene rings is 1. The molecule has 20 heavy (non-hydrogen) atoms. The zero-order valence-electron chi connectivity index (χ0n) is 11.3. The Morgan fingerprint density at radius 1 is 1.30 bits per heavy atom. The van der Waals surface area contributed by atoms with E-state index in [-0.39, 0.29) is 27.8 Å². The van der Waals surface area contributed by atoms with Gasteiger partial charge < -0.3 is 11.1 Å². The van der Waals surface area contributed by atoms with Gasteiger partial charge in [0.15, 0.2) is 9.84 Å². The molecule has 0 aliphatic carbocycles. The maximum atomic E-state index is 12.0. The van der Waals surface area contributed by atoms with Crippen LogP contribution in [0.1, 0.15) is 24.2 Å². The Hall–Kier alpha value is -0.980. The van der Waals surface area contributed by atoms with Crippen molar-refractivity contribution in [3.63, 3.8) is 0 Å². The standard InChI is InChI=1S/C12H16Cl2N2O3S/c1-12(2,20(3,18)19)6-16-11(17)7-4-8(13)10(15)9(14)5-7/h4-5H,6,15H2,1-3H3,(H,16,17). The number of carbonyl (C=O) groups is 1. The fourth-order valence-electron chi connectivity index (χ4n) is 1.24. The van der Waals surface area contributed by atoms with E-state index >= 15 is 0 Å². The van der Waals surface area contributed by atoms with Crippen molar-refractivity contribution in [3.8, 4) is 0 Å². The van der Waals surface area contributed by atoms with Gasteiger partial charge in [0.05, 0.1) is 20.5 Å². The molecule has 0 aliphatic rings. The van der Waals surface area contributed by atoms with Crippen LogP contribution in [0, 0.1) is 0 Å². The van der Waals surface area contributed by atoms with E-state index in [1.54, 1.807) is 0 Å². The summed E-state index contributed by atoms with van der Waals surface area (Å²) in [6.07, 6.45) is 1.12. The number of carbonyl (C=O) groups excluding carboxylic acids is 1. The number of hydrogen-bond donors (Lipinski definition) is 2. The summed E-state index contributed by atoms with van der Waals surface area (Å²) < 4.78 is 22.0. The molecule has 0 saturated heterocycles. The number of amides is 1. The van der Waals surface area contributed by atoms with Crippen LogP contribution in [0.3, 0.4) is 0 Å². The minimum Gasteiger partial charge on any atom is -0.396 e. The molecule has 0 atom stereocenters. The molecule has 1 amide bonds. The smallest absolute Gasteiger partial charge is 0.251 e. The van der Waals surface area contributed by atoms with Crippen molar-refractivity contribution in [1.29, 1.82) is 0 Å². The Morgan fingerprint density at radius 3 is 2.15 bits per heavy atom. The molecule has 0 radical (unpaired) electrons. The third kappa shape index (κ3) is 3.77. The summed E-state index contributed by atoms with van der Waals surface area (Å²) in [6, 6.07) is 2.76. The third-order valence-corrected chi connectivity index (χ3v) is 5.80. The number of anilines is 1. The predicted octanol–water partition coefficient (Wildman–Crippen LogP) is 2.13. The topological polar surface area (TPSA) is 89.3 Å². The molecule has 0 unspecified atom stereocenters. The summed E-state index contributed by atoms with van der Waals surface area (Å²) in [7, 11) is -3.29. The molecule has 0 spiro atoms. The lowest BCUT2D eigenvalue weighted by atomic mass is 10.1. The molecule has 112 valence electrons. The molecule has 0 bridgehead atoms. The van der Waals surface area contributed by atoms with Crippen LogP contribution in [-0.2, 0) is 9.84 Å². The van der Waals surface area contributed by atoms with Crippen LogP contribution in [0.5, 0.6) is 0 Å². The van der Waals surface area contributed by atoms with Crippen LogP contribution in [0.25, 0.3) is 0 Å². The van der Waals surface area contributed by atoms with E-state index in [0.29, 0.717) is 0 Å². The van der Waals surface area contributed by atoms with Gasteiger partial charge in [-0.25, -0.2) is 8.42 Å². The minimum absolute atomic E-state index is 0.0235. The summed E-state index contributed by atoms with van der Waals surface area (Å²) in [5.74, 6) is -0.467. The highest BCUT2D eigenvalue weighted by Gasteiger charge is 2.30. The maximum Gasteiger partial charge on any atom is 0.251 e. The molecule has 0 fully saturated rings. The second-order valence-corrected chi connectivity index (χ2v) is 8.53. The number of sulfone groups is 1. The van der Waals surface area contributed by atoms with Gasteiger partial charge in [0.2, 0.25) is 0 Å². The monoisotopic (exact) mass is 338 g/mol. The van der Waals surface area contributed by atoms with Crippen LogP contribution >= 0.6 is 23.2 Å². The first kappa shape index (κ1) is 17.1. The second-order valence-electron chi connectivity index (χ2n) is 5.07. The number of nitrogens with two attached hydrogens (primary N) is 1. The predicted molar refractivity (Wildman–Crippen MR) is 82.1 cm³/mol. The van der Waals surface area contributed by atoms with E-state index in [1.807, 2.05) is 0 Å². The number of nitrogen functional groups attached to an aromatic ring is 1. The van der Waals surface area contributed by atoms with Crippen molar-refractivity contribution in [3.05, 3.63) is 27.7 Å². The SMILES string of the molecule is CC(C)(CNC(=O)c1cc(Cl)c(N)c(Cl)c1)S(C)(=O)=O. The number of halogens is 2. The summed E-state index contributed by atoms with van der Waals surface area (Å²) in [4.78, 5) is 12.0. The largest absolute Gasteiger partial charge is 0.396 e. The van der Waals surface area contributed by atoms with Crippen molar-refractivity contribution in [1.82, 2.24) is 5.32 Å². The van der Waals surface area contributed by atoms with E-state index in [2.05, 4.69) is 5.32 Å². The Morgan fingerprint density at radius 2 is 1.75 bits per heavy atom. The first-order valence-electron chi connectivity index (χ1n) is 5.68. The lowest BCUT2D eigenvalue weighted by Crippen LogP contribution is -2.43. The van der Waals surface area contributed by atoms with E-state index < -0.39 is 20.5 Å². The van der Waals surface area contributed by atoms with Crippen molar-refractivity contribution in [2.75, 3.05) is 18.5 Å². The van der Waals surface area contributed by atoms with Gasteiger partial charge in [0, 0.05) is 18.4 Å². The van der Waals surface area contributed by atoms with Gasteiger partial charge in [-0.3, -0.25) is 4.79 Å². The van der Waals surface area contributed by atoms with Gasteiger partial charge in [-0.15, -0.1) is 0 Å². The van der Waals surface area contributed by atoms with Gasteiger partial charge >= 0.3 is 0 Å². The van der Waals surface area contributed by atoms with Gasteiger partial charge in [-0.05, 0) is 26.0 Å². The number of rotatable bonds is 4. The molecule has 0 heterocycles. The van der Waals surface area contributed by atoms with Crippen molar-refractivity contribution in [2.45, 2.75) is 18.6 Å². The Balaban J connectivity index is 2.89. The maximum absolute atomic E-state index is 12.0. The van der Waals surface area contributed by atoms with Crippen molar-refractivity contribution >= 4 is 44.6 Å². The molecular weight excluding hydrogens is 323 g/mol. The first-order chi connectivity index (χ1) is 8.95. The molecular formula is C12H16Cl2N2O3S. The molecule has 1 rings (SSSR count). The molecule has 0 aliphatic heterocycles. The highest BCUT2D eigenvalue weighted by atomic mass is 35.5. The summed E-state index contributed by atoms with van der Waals surface area (Å²) in [6.45, 7) is 3.04. The zero-order valence-corrected chi connectivity index (χ0v) is 13.7. The minimum atomic E-state index is -3.29. The molecule has 8 heteroatoms. The molecule has 1 aromatic rings. The molecule has 1 aromatic carbocycles. The number of nitrogens with one attached hydrogen (secondary N) is 1.